The predicted molar refractivity (Wildman–Crippen MR) is 131 cm³/mol. The van der Waals surface area contributed by atoms with Gasteiger partial charge in [-0.25, -0.2) is 0 Å². The van der Waals surface area contributed by atoms with Gasteiger partial charge >= 0.3 is 0 Å². The number of rotatable bonds is 7. The number of aromatic nitrogens is 1. The Morgan fingerprint density at radius 1 is 1.10 bits per heavy atom. The Morgan fingerprint density at radius 2 is 1.90 bits per heavy atom. The van der Waals surface area contributed by atoms with Crippen LogP contribution in [0, 0.1) is 0 Å². The van der Waals surface area contributed by atoms with E-state index in [2.05, 4.69) is 37.2 Å². The van der Waals surface area contributed by atoms with Gasteiger partial charge in [0.2, 0.25) is 0 Å². The molecular formula is C22H32IN5O2. The van der Waals surface area contributed by atoms with Crippen LogP contribution in [0.2, 0.25) is 0 Å². The second-order valence-corrected chi connectivity index (χ2v) is 6.99. The summed E-state index contributed by atoms with van der Waals surface area (Å²) in [6.45, 7) is 5.50. The van der Waals surface area contributed by atoms with Crippen molar-refractivity contribution in [1.82, 2.24) is 20.1 Å². The summed E-state index contributed by atoms with van der Waals surface area (Å²) in [7, 11) is 5.25. The number of piperazine rings is 1. The first-order chi connectivity index (χ1) is 14.2. The summed E-state index contributed by atoms with van der Waals surface area (Å²) >= 11 is 0. The van der Waals surface area contributed by atoms with Gasteiger partial charge in [0.15, 0.2) is 5.96 Å². The number of hydrogen-bond acceptors (Lipinski definition) is 5. The van der Waals surface area contributed by atoms with E-state index in [-0.39, 0.29) is 24.0 Å². The first-order valence-corrected chi connectivity index (χ1v) is 10.0. The summed E-state index contributed by atoms with van der Waals surface area (Å²) in [5, 5.41) is 3.47. The summed E-state index contributed by atoms with van der Waals surface area (Å²) in [5.41, 5.74) is 2.24. The van der Waals surface area contributed by atoms with Crippen molar-refractivity contribution in [2.75, 3.05) is 54.0 Å². The maximum atomic E-state index is 5.52. The monoisotopic (exact) mass is 525 g/mol. The van der Waals surface area contributed by atoms with E-state index in [1.807, 2.05) is 37.5 Å². The molecule has 0 amide bonds. The zero-order valence-electron chi connectivity index (χ0n) is 18.0. The molecule has 0 saturated carbocycles. The van der Waals surface area contributed by atoms with Crippen LogP contribution in [0.5, 0.6) is 11.5 Å². The molecule has 2 aromatic rings. The molecular weight excluding hydrogens is 493 g/mol. The van der Waals surface area contributed by atoms with E-state index < -0.39 is 0 Å². The van der Waals surface area contributed by atoms with E-state index in [4.69, 9.17) is 9.47 Å². The van der Waals surface area contributed by atoms with Crippen LogP contribution in [0.1, 0.15) is 11.3 Å². The van der Waals surface area contributed by atoms with Gasteiger partial charge in [0.05, 0.1) is 14.2 Å². The van der Waals surface area contributed by atoms with Crippen LogP contribution in [-0.2, 0) is 13.0 Å². The van der Waals surface area contributed by atoms with Crippen LogP contribution in [0.3, 0.4) is 0 Å². The summed E-state index contributed by atoms with van der Waals surface area (Å²) < 4.78 is 10.9. The van der Waals surface area contributed by atoms with Gasteiger partial charge in [-0.3, -0.25) is 14.9 Å². The molecule has 1 aliphatic rings. The molecule has 2 heterocycles. The van der Waals surface area contributed by atoms with Gasteiger partial charge in [0, 0.05) is 70.2 Å². The van der Waals surface area contributed by atoms with E-state index in [1.54, 1.807) is 14.2 Å². The molecule has 1 saturated heterocycles. The first-order valence-electron chi connectivity index (χ1n) is 10.0. The predicted octanol–water partition coefficient (Wildman–Crippen LogP) is 2.65. The normalized spacial score (nSPS) is 14.8. The van der Waals surface area contributed by atoms with E-state index in [0.717, 1.165) is 74.4 Å². The molecule has 1 aliphatic heterocycles. The van der Waals surface area contributed by atoms with Gasteiger partial charge in [-0.05, 0) is 30.3 Å². The standard InChI is InChI=1S/C22H31N5O2.HI/c1-23-22(25-11-9-19-6-4-5-10-24-19)27-14-12-26(13-15-27)17-18-16-20(28-2)7-8-21(18)29-3;/h4-8,10,16H,9,11-15,17H2,1-3H3,(H,23,25);1H. The third-order valence-corrected chi connectivity index (χ3v) is 5.16. The zero-order chi connectivity index (χ0) is 20.5. The topological polar surface area (TPSA) is 62.2 Å². The highest BCUT2D eigenvalue weighted by molar-refractivity contribution is 14.0. The molecule has 3 rings (SSSR count). The molecule has 1 N–H and O–H groups in total. The van der Waals surface area contributed by atoms with E-state index in [0.29, 0.717) is 0 Å². The number of pyridine rings is 1. The molecule has 0 radical (unpaired) electrons. The molecule has 1 aromatic heterocycles. The number of hydrogen-bond donors (Lipinski definition) is 1. The highest BCUT2D eigenvalue weighted by Gasteiger charge is 2.20. The second-order valence-electron chi connectivity index (χ2n) is 6.99. The molecule has 30 heavy (non-hydrogen) atoms. The van der Waals surface area contributed by atoms with Crippen molar-refractivity contribution >= 4 is 29.9 Å². The van der Waals surface area contributed by atoms with Crippen LogP contribution in [0.4, 0.5) is 0 Å². The Hall–Kier alpha value is -2.07. The second kappa shape index (κ2) is 12.6. The maximum absolute atomic E-state index is 5.52. The number of nitrogens with one attached hydrogen (secondary N) is 1. The zero-order valence-corrected chi connectivity index (χ0v) is 20.3. The van der Waals surface area contributed by atoms with Gasteiger partial charge in [0.25, 0.3) is 0 Å². The molecule has 8 heteroatoms. The Bertz CT molecular complexity index is 795. The van der Waals surface area contributed by atoms with Crippen molar-refractivity contribution in [1.29, 1.82) is 0 Å². The minimum Gasteiger partial charge on any atom is -0.497 e. The van der Waals surface area contributed by atoms with Crippen LogP contribution in [0.25, 0.3) is 0 Å². The molecule has 1 fully saturated rings. The lowest BCUT2D eigenvalue weighted by Crippen LogP contribution is -2.52. The van der Waals surface area contributed by atoms with Crippen LogP contribution in [0.15, 0.2) is 47.6 Å². The smallest absolute Gasteiger partial charge is 0.193 e. The summed E-state index contributed by atoms with van der Waals surface area (Å²) in [6.07, 6.45) is 2.72. The van der Waals surface area contributed by atoms with Gasteiger partial charge < -0.3 is 19.7 Å². The van der Waals surface area contributed by atoms with E-state index in [9.17, 15) is 0 Å². The van der Waals surface area contributed by atoms with E-state index in [1.165, 1.54) is 0 Å². The SMILES string of the molecule is CN=C(NCCc1ccccn1)N1CCN(Cc2cc(OC)ccc2OC)CC1.I. The number of aliphatic imine (C=N–C) groups is 1. The van der Waals surface area contributed by atoms with Crippen LogP contribution >= 0.6 is 24.0 Å². The fraction of sp³-hybridized carbons (Fsp3) is 0.455. The largest absolute Gasteiger partial charge is 0.497 e. The molecule has 0 aliphatic carbocycles. The van der Waals surface area contributed by atoms with E-state index >= 15 is 0 Å². The summed E-state index contributed by atoms with van der Waals surface area (Å²) in [4.78, 5) is 13.6. The third-order valence-electron chi connectivity index (χ3n) is 5.16. The van der Waals surface area contributed by atoms with Crippen LogP contribution < -0.4 is 14.8 Å². The van der Waals surface area contributed by atoms with Crippen LogP contribution in [-0.4, -0.2) is 74.7 Å². The minimum atomic E-state index is 0. The van der Waals surface area contributed by atoms with Gasteiger partial charge in [-0.1, -0.05) is 6.07 Å². The van der Waals surface area contributed by atoms with Gasteiger partial charge in [-0.15, -0.1) is 24.0 Å². The highest BCUT2D eigenvalue weighted by Crippen LogP contribution is 2.25. The van der Waals surface area contributed by atoms with Crippen molar-refractivity contribution in [3.8, 4) is 11.5 Å². The van der Waals surface area contributed by atoms with Crippen molar-refractivity contribution in [2.45, 2.75) is 13.0 Å². The average molecular weight is 525 g/mol. The first kappa shape index (κ1) is 24.2. The minimum absolute atomic E-state index is 0. The number of halogens is 1. The Morgan fingerprint density at radius 3 is 2.53 bits per heavy atom. The number of ether oxygens (including phenoxy) is 2. The lowest BCUT2D eigenvalue weighted by molar-refractivity contribution is 0.171. The summed E-state index contributed by atoms with van der Waals surface area (Å²) in [5.74, 6) is 2.72. The van der Waals surface area contributed by atoms with Crippen molar-refractivity contribution in [2.24, 2.45) is 4.99 Å². The Balaban J connectivity index is 0.00000320. The Kier molecular flexibility index (Phi) is 10.2. The molecule has 7 nitrogen and oxygen atoms in total. The average Bonchev–Trinajstić information content (AvgIpc) is 2.78. The lowest BCUT2D eigenvalue weighted by atomic mass is 10.1. The fourth-order valence-corrected chi connectivity index (χ4v) is 3.54. The fourth-order valence-electron chi connectivity index (χ4n) is 3.54. The van der Waals surface area contributed by atoms with Crippen molar-refractivity contribution in [3.63, 3.8) is 0 Å². The molecule has 164 valence electrons. The van der Waals surface area contributed by atoms with Crippen molar-refractivity contribution in [3.05, 3.63) is 53.9 Å². The molecule has 0 spiro atoms. The Labute approximate surface area is 196 Å². The molecule has 0 unspecified atom stereocenters. The highest BCUT2D eigenvalue weighted by atomic mass is 127. The molecule has 1 aromatic carbocycles. The molecule has 0 bridgehead atoms. The van der Waals surface area contributed by atoms with Gasteiger partial charge in [0.1, 0.15) is 11.5 Å². The third kappa shape index (κ3) is 6.73. The summed E-state index contributed by atoms with van der Waals surface area (Å²) in [6, 6.07) is 12.0. The number of nitrogens with zero attached hydrogens (tertiary/aromatic N) is 4. The quantitative estimate of drug-likeness (QED) is 0.341. The number of methoxy groups -OCH3 is 2. The van der Waals surface area contributed by atoms with Crippen molar-refractivity contribution < 1.29 is 9.47 Å². The lowest BCUT2D eigenvalue weighted by Gasteiger charge is -2.36. The molecule has 0 atom stereocenters. The number of benzene rings is 1. The van der Waals surface area contributed by atoms with Gasteiger partial charge in [-0.2, -0.15) is 0 Å². The number of guanidine groups is 1. The maximum Gasteiger partial charge on any atom is 0.193 e.